The lowest BCUT2D eigenvalue weighted by atomic mass is 10.1. The largest absolute Gasteiger partial charge is 0.481 e. The average Bonchev–Trinajstić information content (AvgIpc) is 3.14. The van der Waals surface area contributed by atoms with Crippen LogP contribution in [0.3, 0.4) is 0 Å². The summed E-state index contributed by atoms with van der Waals surface area (Å²) < 4.78 is 32.0. The van der Waals surface area contributed by atoms with Crippen LogP contribution in [0.2, 0.25) is 10.0 Å². The number of hydrogen-bond donors (Lipinski definition) is 2. The van der Waals surface area contributed by atoms with E-state index in [4.69, 9.17) is 27.9 Å². The molecule has 3 aromatic carbocycles. The van der Waals surface area contributed by atoms with Crippen LogP contribution in [0, 0.1) is 0 Å². The number of halogens is 2. The number of nitrogens with one attached hydrogen (secondary N) is 1. The van der Waals surface area contributed by atoms with Crippen LogP contribution in [-0.4, -0.2) is 85.5 Å². The van der Waals surface area contributed by atoms with Crippen LogP contribution in [-0.2, 0) is 33.9 Å². The van der Waals surface area contributed by atoms with E-state index >= 15 is 0 Å². The summed E-state index contributed by atoms with van der Waals surface area (Å²) in [7, 11) is -4.14. The SMILES string of the molecule is CC(=O)N([C@@H](CC(=O)O)C(=O)COC(=O)c1c(Cl)cccc1Cl)N1C(=O)[C@@H](NC(=O)c2ccccc2)CN(S(C)(=O)=O)c2ccccc21. The average molecular weight is 720 g/mol. The number of ether oxygens (including phenoxy) is 1. The Kier molecular flexibility index (Phi) is 11.1. The van der Waals surface area contributed by atoms with Crippen LogP contribution in [0.4, 0.5) is 11.4 Å². The number of ketones is 1. The standard InChI is InChI=1S/C31H28Cl2N4O10S/c1-18(38)36(25(15-27(40)41)26(39)17-47-31(44)28-20(32)11-8-12-21(28)33)37-24-14-7-6-13-23(24)35(48(2,45)46)16-22(30(37)43)34-29(42)19-9-4-3-5-10-19/h3-14,22,25H,15-17H2,1-2H3,(H,34,42)(H,40,41)/t22-,25-/m0/s1. The summed E-state index contributed by atoms with van der Waals surface area (Å²) in [5.74, 6) is -6.65. The molecular weight excluding hydrogens is 691 g/mol. The van der Waals surface area contributed by atoms with E-state index in [1.807, 2.05) is 0 Å². The number of Topliss-reactive ketones (excluding diaryl/α,β-unsaturated/α-hetero) is 1. The number of aliphatic carboxylic acids is 1. The predicted octanol–water partition coefficient (Wildman–Crippen LogP) is 2.94. The van der Waals surface area contributed by atoms with Crippen molar-refractivity contribution in [2.75, 3.05) is 28.7 Å². The van der Waals surface area contributed by atoms with E-state index in [0.29, 0.717) is 10.0 Å². The zero-order chi connectivity index (χ0) is 35.3. The van der Waals surface area contributed by atoms with Crippen molar-refractivity contribution < 1.29 is 47.0 Å². The Morgan fingerprint density at radius 3 is 2.10 bits per heavy atom. The summed E-state index contributed by atoms with van der Waals surface area (Å²) in [4.78, 5) is 79.3. The van der Waals surface area contributed by atoms with Crippen molar-refractivity contribution in [3.8, 4) is 0 Å². The third kappa shape index (κ3) is 7.93. The molecule has 1 heterocycles. The molecule has 1 aliphatic heterocycles. The molecule has 2 atom stereocenters. The lowest BCUT2D eigenvalue weighted by Gasteiger charge is -2.39. The molecule has 0 aromatic heterocycles. The van der Waals surface area contributed by atoms with Gasteiger partial charge < -0.3 is 15.2 Å². The van der Waals surface area contributed by atoms with Gasteiger partial charge in [-0.2, -0.15) is 0 Å². The molecule has 252 valence electrons. The number of carboxylic acids is 1. The zero-order valence-electron chi connectivity index (χ0n) is 25.3. The molecule has 14 nitrogen and oxygen atoms in total. The summed E-state index contributed by atoms with van der Waals surface area (Å²) in [6.45, 7) is -0.747. The number of sulfonamides is 1. The van der Waals surface area contributed by atoms with Gasteiger partial charge in [0.1, 0.15) is 12.1 Å². The molecule has 17 heteroatoms. The van der Waals surface area contributed by atoms with Gasteiger partial charge in [-0.15, -0.1) is 0 Å². The Morgan fingerprint density at radius 2 is 1.54 bits per heavy atom. The van der Waals surface area contributed by atoms with Crippen molar-refractivity contribution in [1.29, 1.82) is 0 Å². The van der Waals surface area contributed by atoms with Gasteiger partial charge in [0.05, 0.1) is 46.2 Å². The third-order valence-corrected chi connectivity index (χ3v) is 8.84. The van der Waals surface area contributed by atoms with Crippen LogP contribution in [0.15, 0.2) is 72.8 Å². The first-order chi connectivity index (χ1) is 22.6. The number of fused-ring (bicyclic) bond motifs is 1. The number of para-hydroxylation sites is 2. The summed E-state index contributed by atoms with van der Waals surface area (Å²) in [6, 6.07) is 13.8. The minimum absolute atomic E-state index is 0.0850. The number of nitrogens with zero attached hydrogens (tertiary/aromatic N) is 3. The van der Waals surface area contributed by atoms with Gasteiger partial charge in [0.2, 0.25) is 15.9 Å². The predicted molar refractivity (Wildman–Crippen MR) is 174 cm³/mol. The number of rotatable bonds is 11. The maximum Gasteiger partial charge on any atom is 0.341 e. The number of amides is 3. The molecule has 0 saturated carbocycles. The van der Waals surface area contributed by atoms with Crippen molar-refractivity contribution in [3.05, 3.63) is 94.0 Å². The Morgan fingerprint density at radius 1 is 0.958 bits per heavy atom. The summed E-state index contributed by atoms with van der Waals surface area (Å²) in [5, 5.41) is 13.3. The molecule has 0 aliphatic carbocycles. The van der Waals surface area contributed by atoms with Crippen molar-refractivity contribution >= 4 is 80.0 Å². The number of benzene rings is 3. The first kappa shape index (κ1) is 35.9. The summed E-state index contributed by atoms with van der Waals surface area (Å²) in [5.41, 5.74) is -0.464. The molecule has 3 aromatic rings. The molecule has 0 spiro atoms. The van der Waals surface area contributed by atoms with Gasteiger partial charge in [-0.05, 0) is 36.4 Å². The fourth-order valence-electron chi connectivity index (χ4n) is 4.94. The first-order valence-electron chi connectivity index (χ1n) is 14.0. The molecule has 4 rings (SSSR count). The Bertz CT molecular complexity index is 1870. The van der Waals surface area contributed by atoms with Crippen LogP contribution in [0.5, 0.6) is 0 Å². The fraction of sp³-hybridized carbons (Fsp3) is 0.226. The highest BCUT2D eigenvalue weighted by atomic mass is 35.5. The third-order valence-electron chi connectivity index (χ3n) is 7.06. The highest BCUT2D eigenvalue weighted by Crippen LogP contribution is 2.36. The number of carbonyl (C=O) groups excluding carboxylic acids is 5. The summed E-state index contributed by atoms with van der Waals surface area (Å²) >= 11 is 12.1. The molecule has 0 saturated heterocycles. The molecule has 0 bridgehead atoms. The smallest absolute Gasteiger partial charge is 0.341 e. The summed E-state index contributed by atoms with van der Waals surface area (Å²) in [6.07, 6.45) is -0.190. The van der Waals surface area contributed by atoms with Gasteiger partial charge in [0.25, 0.3) is 11.8 Å². The number of hydrazine groups is 1. The van der Waals surface area contributed by atoms with E-state index in [1.54, 1.807) is 18.2 Å². The van der Waals surface area contributed by atoms with Gasteiger partial charge in [-0.3, -0.25) is 28.3 Å². The van der Waals surface area contributed by atoms with E-state index in [9.17, 15) is 42.3 Å². The van der Waals surface area contributed by atoms with Gasteiger partial charge in [0.15, 0.2) is 12.4 Å². The lowest BCUT2D eigenvalue weighted by molar-refractivity contribution is -0.148. The highest BCUT2D eigenvalue weighted by molar-refractivity contribution is 7.92. The second-order valence-electron chi connectivity index (χ2n) is 10.4. The van der Waals surface area contributed by atoms with Gasteiger partial charge >= 0.3 is 11.9 Å². The van der Waals surface area contributed by atoms with Crippen molar-refractivity contribution in [2.45, 2.75) is 25.4 Å². The minimum atomic E-state index is -4.14. The molecule has 2 N–H and O–H groups in total. The van der Waals surface area contributed by atoms with Gasteiger partial charge in [-0.25, -0.2) is 23.2 Å². The van der Waals surface area contributed by atoms with Crippen LogP contribution < -0.4 is 14.6 Å². The number of hydrogen-bond acceptors (Lipinski definition) is 9. The van der Waals surface area contributed by atoms with Gasteiger partial charge in [-0.1, -0.05) is 59.6 Å². The number of anilines is 2. The van der Waals surface area contributed by atoms with Crippen molar-refractivity contribution in [1.82, 2.24) is 10.3 Å². The lowest BCUT2D eigenvalue weighted by Crippen LogP contribution is -2.62. The van der Waals surface area contributed by atoms with E-state index in [0.717, 1.165) is 17.5 Å². The monoisotopic (exact) mass is 718 g/mol. The van der Waals surface area contributed by atoms with Crippen LogP contribution in [0.1, 0.15) is 34.1 Å². The molecular formula is C31H28Cl2N4O10S. The number of esters is 1. The van der Waals surface area contributed by atoms with Crippen molar-refractivity contribution in [3.63, 3.8) is 0 Å². The Hall–Kier alpha value is -4.99. The van der Waals surface area contributed by atoms with E-state index in [-0.39, 0.29) is 32.5 Å². The molecule has 48 heavy (non-hydrogen) atoms. The number of carboxylic acid groups (broad SMARTS) is 1. The molecule has 0 radical (unpaired) electrons. The fourth-order valence-corrected chi connectivity index (χ4v) is 6.42. The second kappa shape index (κ2) is 14.8. The van der Waals surface area contributed by atoms with Gasteiger partial charge in [0, 0.05) is 12.5 Å². The topological polar surface area (TPSA) is 188 Å². The highest BCUT2D eigenvalue weighted by Gasteiger charge is 2.45. The number of carbonyl (C=O) groups is 6. The zero-order valence-corrected chi connectivity index (χ0v) is 27.7. The van der Waals surface area contributed by atoms with E-state index < -0.39 is 77.1 Å². The molecule has 0 fully saturated rings. The minimum Gasteiger partial charge on any atom is -0.481 e. The van der Waals surface area contributed by atoms with Crippen molar-refractivity contribution in [2.24, 2.45) is 0 Å². The molecule has 3 amide bonds. The van der Waals surface area contributed by atoms with Crippen LogP contribution in [0.25, 0.3) is 0 Å². The molecule has 1 aliphatic rings. The quantitative estimate of drug-likeness (QED) is 0.279. The Balaban J connectivity index is 1.80. The maximum absolute atomic E-state index is 14.4. The normalized spacial score (nSPS) is 15.1. The van der Waals surface area contributed by atoms with E-state index in [1.165, 1.54) is 54.6 Å². The Labute approximate surface area is 284 Å². The molecule has 0 unspecified atom stereocenters. The maximum atomic E-state index is 14.4. The first-order valence-corrected chi connectivity index (χ1v) is 16.6. The van der Waals surface area contributed by atoms with E-state index in [2.05, 4.69) is 5.32 Å². The van der Waals surface area contributed by atoms with Crippen LogP contribution >= 0.6 is 23.2 Å². The second-order valence-corrected chi connectivity index (χ2v) is 13.2.